The van der Waals surface area contributed by atoms with Crippen molar-refractivity contribution >= 4 is 22.9 Å². The number of allylic oxidation sites excluding steroid dienone is 2. The summed E-state index contributed by atoms with van der Waals surface area (Å²) in [7, 11) is 0. The Kier molecular flexibility index (Phi) is 4.53. The zero-order chi connectivity index (χ0) is 19.7. The standard InChI is InChI=1S/C24H20N2O2/c1-15-6-10-17(11-7-15)25-20-14-21(26-18-12-8-16(2)9-13-18)24(28)19-4-3-5-22(27)23(19)20/h3-14,26-27H,1-2H3. The molecule has 1 aliphatic rings. The molecular formula is C24H20N2O2. The molecule has 138 valence electrons. The van der Waals surface area contributed by atoms with E-state index < -0.39 is 0 Å². The van der Waals surface area contributed by atoms with Crippen LogP contribution in [0.3, 0.4) is 0 Å². The Balaban J connectivity index is 1.81. The summed E-state index contributed by atoms with van der Waals surface area (Å²) < 4.78 is 0. The highest BCUT2D eigenvalue weighted by molar-refractivity contribution is 6.28. The SMILES string of the molecule is Cc1ccc(N=C2C=C(Nc3ccc(C)cc3)C(=O)c3cccc(O)c32)cc1. The molecule has 0 aliphatic heterocycles. The van der Waals surface area contributed by atoms with E-state index >= 15 is 0 Å². The lowest BCUT2D eigenvalue weighted by atomic mass is 9.91. The zero-order valence-corrected chi connectivity index (χ0v) is 15.7. The van der Waals surface area contributed by atoms with Crippen molar-refractivity contribution in [1.29, 1.82) is 0 Å². The molecule has 0 saturated carbocycles. The summed E-state index contributed by atoms with van der Waals surface area (Å²) in [5, 5.41) is 13.6. The topological polar surface area (TPSA) is 61.7 Å². The molecule has 4 nitrogen and oxygen atoms in total. The van der Waals surface area contributed by atoms with Gasteiger partial charge in [-0.25, -0.2) is 4.99 Å². The highest BCUT2D eigenvalue weighted by Crippen LogP contribution is 2.31. The van der Waals surface area contributed by atoms with Gasteiger partial charge in [0.2, 0.25) is 5.78 Å². The molecule has 0 atom stereocenters. The molecule has 0 saturated heterocycles. The van der Waals surface area contributed by atoms with Gasteiger partial charge in [0.25, 0.3) is 0 Å². The average Bonchev–Trinajstić information content (AvgIpc) is 2.69. The van der Waals surface area contributed by atoms with Crippen LogP contribution in [-0.4, -0.2) is 16.6 Å². The van der Waals surface area contributed by atoms with Crippen LogP contribution >= 0.6 is 0 Å². The maximum atomic E-state index is 13.0. The van der Waals surface area contributed by atoms with Crippen molar-refractivity contribution in [3.63, 3.8) is 0 Å². The van der Waals surface area contributed by atoms with Gasteiger partial charge in [-0.05, 0) is 50.3 Å². The number of carbonyl (C=O) groups is 1. The number of phenolic OH excluding ortho intramolecular Hbond substituents is 1. The molecule has 0 bridgehead atoms. The van der Waals surface area contributed by atoms with Crippen LogP contribution in [0, 0.1) is 13.8 Å². The lowest BCUT2D eigenvalue weighted by Crippen LogP contribution is -2.22. The molecule has 3 aromatic rings. The summed E-state index contributed by atoms with van der Waals surface area (Å²) in [4.78, 5) is 17.7. The van der Waals surface area contributed by atoms with E-state index in [1.54, 1.807) is 24.3 Å². The third kappa shape index (κ3) is 3.45. The second kappa shape index (κ2) is 7.16. The van der Waals surface area contributed by atoms with E-state index in [0.717, 1.165) is 22.5 Å². The van der Waals surface area contributed by atoms with E-state index in [1.807, 2.05) is 62.4 Å². The van der Waals surface area contributed by atoms with Crippen molar-refractivity contribution in [3.05, 3.63) is 101 Å². The van der Waals surface area contributed by atoms with Gasteiger partial charge in [-0.1, -0.05) is 47.5 Å². The number of rotatable bonds is 3. The van der Waals surface area contributed by atoms with E-state index in [1.165, 1.54) is 0 Å². The number of aryl methyl sites for hydroxylation is 2. The van der Waals surface area contributed by atoms with Crippen LogP contribution in [0.1, 0.15) is 27.0 Å². The number of fused-ring (bicyclic) bond motifs is 1. The van der Waals surface area contributed by atoms with Gasteiger partial charge in [0, 0.05) is 11.3 Å². The summed E-state index contributed by atoms with van der Waals surface area (Å²) in [6, 6.07) is 20.6. The van der Waals surface area contributed by atoms with E-state index in [9.17, 15) is 9.90 Å². The summed E-state index contributed by atoms with van der Waals surface area (Å²) in [5.74, 6) is -0.128. The summed E-state index contributed by atoms with van der Waals surface area (Å²) in [6.07, 6.45) is 1.70. The minimum Gasteiger partial charge on any atom is -0.507 e. The molecule has 0 heterocycles. The molecule has 0 aromatic heterocycles. The first-order valence-corrected chi connectivity index (χ1v) is 9.09. The van der Waals surface area contributed by atoms with Crippen LogP contribution < -0.4 is 5.32 Å². The lowest BCUT2D eigenvalue weighted by Gasteiger charge is -2.20. The first-order chi connectivity index (χ1) is 13.5. The Bertz CT molecular complexity index is 1110. The number of aromatic hydroxyl groups is 1. The Morgan fingerprint density at radius 1 is 0.857 bits per heavy atom. The van der Waals surface area contributed by atoms with Gasteiger partial charge >= 0.3 is 0 Å². The molecule has 0 amide bonds. The number of anilines is 1. The lowest BCUT2D eigenvalue weighted by molar-refractivity contribution is 0.103. The zero-order valence-electron chi connectivity index (χ0n) is 15.7. The first-order valence-electron chi connectivity index (χ1n) is 9.09. The highest BCUT2D eigenvalue weighted by Gasteiger charge is 2.27. The second-order valence-corrected chi connectivity index (χ2v) is 6.91. The molecule has 28 heavy (non-hydrogen) atoms. The van der Waals surface area contributed by atoms with Gasteiger partial charge in [0.15, 0.2) is 0 Å². The Labute approximate surface area is 163 Å². The number of aliphatic imine (C=N–C) groups is 1. The van der Waals surface area contributed by atoms with Gasteiger partial charge in [-0.3, -0.25) is 4.79 Å². The fraction of sp³-hybridized carbons (Fsp3) is 0.0833. The van der Waals surface area contributed by atoms with E-state index in [2.05, 4.69) is 10.3 Å². The predicted octanol–water partition coefficient (Wildman–Crippen LogP) is 5.32. The predicted molar refractivity (Wildman–Crippen MR) is 113 cm³/mol. The van der Waals surface area contributed by atoms with Crippen LogP contribution in [0.15, 0.2) is 83.5 Å². The number of hydrogen-bond donors (Lipinski definition) is 2. The summed E-state index contributed by atoms with van der Waals surface area (Å²) in [6.45, 7) is 4.03. The van der Waals surface area contributed by atoms with Crippen LogP contribution in [0.25, 0.3) is 0 Å². The van der Waals surface area contributed by atoms with Crippen molar-refractivity contribution in [3.8, 4) is 5.75 Å². The number of nitrogens with zero attached hydrogens (tertiary/aromatic N) is 1. The van der Waals surface area contributed by atoms with Crippen LogP contribution in [0.5, 0.6) is 5.75 Å². The Morgan fingerprint density at radius 3 is 2.18 bits per heavy atom. The quantitative estimate of drug-likeness (QED) is 0.657. The van der Waals surface area contributed by atoms with Gasteiger partial charge < -0.3 is 10.4 Å². The number of ketones is 1. The van der Waals surface area contributed by atoms with E-state index in [-0.39, 0.29) is 11.5 Å². The third-order valence-electron chi connectivity index (χ3n) is 4.68. The maximum absolute atomic E-state index is 13.0. The van der Waals surface area contributed by atoms with Crippen molar-refractivity contribution < 1.29 is 9.90 Å². The normalized spacial score (nSPS) is 14.6. The minimum atomic E-state index is -0.172. The summed E-state index contributed by atoms with van der Waals surface area (Å²) >= 11 is 0. The monoisotopic (exact) mass is 368 g/mol. The van der Waals surface area contributed by atoms with Crippen LogP contribution in [0.4, 0.5) is 11.4 Å². The minimum absolute atomic E-state index is 0.0438. The number of Topliss-reactive ketones (excluding diaryl/α,β-unsaturated/α-hetero) is 1. The smallest absolute Gasteiger partial charge is 0.210 e. The largest absolute Gasteiger partial charge is 0.507 e. The Hall–Kier alpha value is -3.66. The molecule has 0 unspecified atom stereocenters. The number of hydrogen-bond acceptors (Lipinski definition) is 4. The van der Waals surface area contributed by atoms with Crippen molar-refractivity contribution in [1.82, 2.24) is 0 Å². The van der Waals surface area contributed by atoms with Crippen molar-refractivity contribution in [2.75, 3.05) is 5.32 Å². The molecule has 4 heteroatoms. The third-order valence-corrected chi connectivity index (χ3v) is 4.68. The van der Waals surface area contributed by atoms with Gasteiger partial charge in [-0.2, -0.15) is 0 Å². The molecule has 1 aliphatic carbocycles. The molecule has 4 rings (SSSR count). The molecule has 0 radical (unpaired) electrons. The fourth-order valence-electron chi connectivity index (χ4n) is 3.15. The number of benzene rings is 3. The van der Waals surface area contributed by atoms with E-state index in [4.69, 9.17) is 0 Å². The number of nitrogens with one attached hydrogen (secondary N) is 1. The average molecular weight is 368 g/mol. The van der Waals surface area contributed by atoms with Crippen molar-refractivity contribution in [2.24, 2.45) is 4.99 Å². The number of phenols is 1. The fourth-order valence-corrected chi connectivity index (χ4v) is 3.15. The van der Waals surface area contributed by atoms with Gasteiger partial charge in [0.05, 0.1) is 22.7 Å². The van der Waals surface area contributed by atoms with E-state index in [0.29, 0.717) is 22.5 Å². The molecule has 0 fully saturated rings. The molecule has 0 spiro atoms. The maximum Gasteiger partial charge on any atom is 0.210 e. The highest BCUT2D eigenvalue weighted by atomic mass is 16.3. The van der Waals surface area contributed by atoms with Gasteiger partial charge in [0.1, 0.15) is 5.75 Å². The van der Waals surface area contributed by atoms with Gasteiger partial charge in [-0.15, -0.1) is 0 Å². The van der Waals surface area contributed by atoms with Crippen LogP contribution in [0.2, 0.25) is 0 Å². The molecular weight excluding hydrogens is 348 g/mol. The van der Waals surface area contributed by atoms with Crippen LogP contribution in [-0.2, 0) is 0 Å². The Morgan fingerprint density at radius 2 is 1.50 bits per heavy atom. The van der Waals surface area contributed by atoms with Crippen molar-refractivity contribution in [2.45, 2.75) is 13.8 Å². The second-order valence-electron chi connectivity index (χ2n) is 6.91. The summed E-state index contributed by atoms with van der Waals surface area (Å²) in [5.41, 5.74) is 5.73. The molecule has 2 N–H and O–H groups in total. The number of carbonyl (C=O) groups excluding carboxylic acids is 1. The first kappa shape index (κ1) is 17.7. The molecule has 3 aromatic carbocycles.